The number of alkyl halides is 1. The minimum atomic E-state index is -3.27. The Morgan fingerprint density at radius 3 is 2.68 bits per heavy atom. The van der Waals surface area contributed by atoms with Crippen LogP contribution < -0.4 is 4.31 Å². The van der Waals surface area contributed by atoms with Crippen molar-refractivity contribution in [2.75, 3.05) is 21.9 Å². The molecular formula is C16H20BrNO2S2. The number of benzene rings is 1. The Bertz CT molecular complexity index is 766. The van der Waals surface area contributed by atoms with Crippen molar-refractivity contribution in [1.82, 2.24) is 0 Å². The molecule has 0 radical (unpaired) electrons. The van der Waals surface area contributed by atoms with Crippen molar-refractivity contribution in [1.29, 1.82) is 0 Å². The molecule has 0 aliphatic heterocycles. The maximum atomic E-state index is 12.7. The van der Waals surface area contributed by atoms with Gasteiger partial charge in [0.2, 0.25) is 10.0 Å². The summed E-state index contributed by atoms with van der Waals surface area (Å²) in [7, 11) is -3.27. The summed E-state index contributed by atoms with van der Waals surface area (Å²) in [4.78, 5) is 0. The normalized spacial score (nSPS) is 15.4. The highest BCUT2D eigenvalue weighted by Gasteiger charge is 2.29. The van der Waals surface area contributed by atoms with Gasteiger partial charge in [-0.05, 0) is 36.3 Å². The van der Waals surface area contributed by atoms with Gasteiger partial charge in [-0.1, -0.05) is 47.0 Å². The first kappa shape index (κ1) is 16.3. The average Bonchev–Trinajstić information content (AvgIpc) is 3.24. The molecule has 6 heteroatoms. The van der Waals surface area contributed by atoms with E-state index in [4.69, 9.17) is 0 Å². The van der Waals surface area contributed by atoms with Gasteiger partial charge in [0.05, 0.1) is 5.75 Å². The molecule has 1 aliphatic rings. The summed E-state index contributed by atoms with van der Waals surface area (Å²) < 4.78 is 28.2. The molecule has 1 saturated carbocycles. The average molecular weight is 402 g/mol. The zero-order valence-electron chi connectivity index (χ0n) is 12.6. The first-order chi connectivity index (χ1) is 10.5. The lowest BCUT2D eigenvalue weighted by Gasteiger charge is -2.23. The minimum Gasteiger partial charge on any atom is -0.261 e. The Morgan fingerprint density at radius 2 is 2.05 bits per heavy atom. The van der Waals surface area contributed by atoms with Gasteiger partial charge in [0.15, 0.2) is 0 Å². The van der Waals surface area contributed by atoms with Crippen molar-refractivity contribution in [3.8, 4) is 0 Å². The molecule has 0 amide bonds. The van der Waals surface area contributed by atoms with E-state index in [1.165, 1.54) is 12.8 Å². The molecule has 0 saturated heterocycles. The summed E-state index contributed by atoms with van der Waals surface area (Å²) in [5.74, 6) is 0.863. The molecule has 1 aromatic heterocycles. The molecule has 120 valence electrons. The van der Waals surface area contributed by atoms with Crippen molar-refractivity contribution < 1.29 is 8.42 Å². The lowest BCUT2D eigenvalue weighted by molar-refractivity contribution is 0.589. The zero-order chi connectivity index (χ0) is 15.7. The van der Waals surface area contributed by atoms with Crippen LogP contribution in [0.4, 0.5) is 5.00 Å². The maximum absolute atomic E-state index is 12.7. The van der Waals surface area contributed by atoms with Crippen LogP contribution in [0.2, 0.25) is 0 Å². The van der Waals surface area contributed by atoms with Crippen LogP contribution in [0.15, 0.2) is 24.3 Å². The van der Waals surface area contributed by atoms with Gasteiger partial charge in [0.1, 0.15) is 5.00 Å². The minimum absolute atomic E-state index is 0.144. The maximum Gasteiger partial charge on any atom is 0.236 e. The molecule has 1 fully saturated rings. The van der Waals surface area contributed by atoms with Gasteiger partial charge in [-0.3, -0.25) is 4.31 Å². The van der Waals surface area contributed by atoms with E-state index < -0.39 is 10.0 Å². The van der Waals surface area contributed by atoms with Crippen molar-refractivity contribution in [3.63, 3.8) is 0 Å². The largest absolute Gasteiger partial charge is 0.261 e. The number of aryl methyl sites for hydroxylation is 1. The molecule has 3 nitrogen and oxygen atoms in total. The molecule has 2 aromatic rings. The van der Waals surface area contributed by atoms with Crippen LogP contribution in [0.5, 0.6) is 0 Å². The van der Waals surface area contributed by atoms with E-state index in [0.717, 1.165) is 33.0 Å². The van der Waals surface area contributed by atoms with Gasteiger partial charge in [-0.2, -0.15) is 0 Å². The van der Waals surface area contributed by atoms with E-state index in [1.54, 1.807) is 15.6 Å². The first-order valence-electron chi connectivity index (χ1n) is 7.57. The highest BCUT2D eigenvalue weighted by Crippen LogP contribution is 2.40. The van der Waals surface area contributed by atoms with Crippen molar-refractivity contribution >= 4 is 52.4 Å². The second-order valence-corrected chi connectivity index (χ2v) is 9.67. The molecule has 1 aliphatic carbocycles. The van der Waals surface area contributed by atoms with Crippen LogP contribution in [-0.4, -0.2) is 26.0 Å². The lowest BCUT2D eigenvalue weighted by atomic mass is 10.2. The molecule has 0 unspecified atom stereocenters. The smallest absolute Gasteiger partial charge is 0.236 e. The van der Waals surface area contributed by atoms with E-state index in [-0.39, 0.29) is 5.75 Å². The summed E-state index contributed by atoms with van der Waals surface area (Å²) in [6.07, 6.45) is 3.46. The third-order valence-electron chi connectivity index (χ3n) is 4.15. The number of thiophene rings is 1. The quantitative estimate of drug-likeness (QED) is 0.638. The summed E-state index contributed by atoms with van der Waals surface area (Å²) >= 11 is 4.86. The summed E-state index contributed by atoms with van der Waals surface area (Å²) in [5, 5.41) is 2.52. The second-order valence-electron chi connectivity index (χ2n) is 5.84. The number of hydrogen-bond donors (Lipinski definition) is 0. The first-order valence-corrected chi connectivity index (χ1v) is 11.1. The van der Waals surface area contributed by atoms with Gasteiger partial charge in [0.25, 0.3) is 0 Å². The Kier molecular flexibility index (Phi) is 4.80. The molecule has 3 rings (SSSR count). The number of anilines is 1. The summed E-state index contributed by atoms with van der Waals surface area (Å²) in [6, 6.07) is 8.14. The number of fused-ring (bicyclic) bond motifs is 1. The summed E-state index contributed by atoms with van der Waals surface area (Å²) in [6.45, 7) is 2.63. The van der Waals surface area contributed by atoms with E-state index in [2.05, 4.69) is 28.1 Å². The third-order valence-corrected chi connectivity index (χ3v) is 8.24. The highest BCUT2D eigenvalue weighted by atomic mass is 79.9. The van der Waals surface area contributed by atoms with Crippen LogP contribution in [0, 0.1) is 12.8 Å². The standard InChI is InChI=1S/C16H20BrNO2S2/c1-12-14-4-2-3-5-15(14)21-16(12)18(10-8-13-6-7-13)22(19,20)11-9-17/h2-5,13H,6-11H2,1H3. The molecule has 0 bridgehead atoms. The predicted molar refractivity (Wildman–Crippen MR) is 98.8 cm³/mol. The van der Waals surface area contributed by atoms with Crippen LogP contribution in [-0.2, 0) is 10.0 Å². The van der Waals surface area contributed by atoms with Crippen LogP contribution in [0.3, 0.4) is 0 Å². The van der Waals surface area contributed by atoms with Gasteiger partial charge >= 0.3 is 0 Å². The monoisotopic (exact) mass is 401 g/mol. The number of nitrogens with zero attached hydrogens (tertiary/aromatic N) is 1. The Morgan fingerprint density at radius 1 is 1.32 bits per heavy atom. The van der Waals surface area contributed by atoms with E-state index >= 15 is 0 Å². The fourth-order valence-electron chi connectivity index (χ4n) is 2.68. The van der Waals surface area contributed by atoms with Gasteiger partial charge in [0, 0.05) is 16.6 Å². The van der Waals surface area contributed by atoms with Crippen molar-refractivity contribution in [2.24, 2.45) is 5.92 Å². The second kappa shape index (κ2) is 6.49. The van der Waals surface area contributed by atoms with Crippen molar-refractivity contribution in [2.45, 2.75) is 26.2 Å². The van der Waals surface area contributed by atoms with E-state index in [0.29, 0.717) is 11.9 Å². The Balaban J connectivity index is 2.00. The van der Waals surface area contributed by atoms with Crippen LogP contribution in [0.25, 0.3) is 10.1 Å². The molecular weight excluding hydrogens is 382 g/mol. The molecule has 0 atom stereocenters. The fraction of sp³-hybridized carbons (Fsp3) is 0.500. The third kappa shape index (κ3) is 3.34. The molecule has 1 aromatic carbocycles. The molecule has 0 N–H and O–H groups in total. The van der Waals surface area contributed by atoms with Gasteiger partial charge < -0.3 is 0 Å². The van der Waals surface area contributed by atoms with Gasteiger partial charge in [-0.25, -0.2) is 8.42 Å². The molecule has 0 spiro atoms. The van der Waals surface area contributed by atoms with E-state index in [9.17, 15) is 8.42 Å². The number of sulfonamides is 1. The zero-order valence-corrected chi connectivity index (χ0v) is 15.8. The lowest BCUT2D eigenvalue weighted by Crippen LogP contribution is -2.34. The van der Waals surface area contributed by atoms with E-state index in [1.807, 2.05) is 19.1 Å². The number of hydrogen-bond acceptors (Lipinski definition) is 3. The Hall–Kier alpha value is -0.590. The number of rotatable bonds is 7. The topological polar surface area (TPSA) is 37.4 Å². The fourth-order valence-corrected chi connectivity index (χ4v) is 6.69. The molecule has 22 heavy (non-hydrogen) atoms. The van der Waals surface area contributed by atoms with Crippen LogP contribution >= 0.6 is 27.3 Å². The highest BCUT2D eigenvalue weighted by molar-refractivity contribution is 9.09. The Labute approximate surface area is 144 Å². The number of halogens is 1. The molecule has 1 heterocycles. The van der Waals surface area contributed by atoms with Crippen molar-refractivity contribution in [3.05, 3.63) is 29.8 Å². The van der Waals surface area contributed by atoms with Crippen LogP contribution in [0.1, 0.15) is 24.8 Å². The SMILES string of the molecule is Cc1c(N(CCC2CC2)S(=O)(=O)CCBr)sc2ccccc12. The van der Waals surface area contributed by atoms with Gasteiger partial charge in [-0.15, -0.1) is 11.3 Å². The summed E-state index contributed by atoms with van der Waals surface area (Å²) in [5.41, 5.74) is 1.08. The predicted octanol–water partition coefficient (Wildman–Crippen LogP) is 4.54.